The largest absolute Gasteiger partial charge is 0.497 e. The molecule has 1 heterocycles. The molecule has 1 saturated carbocycles. The van der Waals surface area contributed by atoms with Crippen LogP contribution in [0.15, 0.2) is 54.6 Å². The zero-order valence-electron chi connectivity index (χ0n) is 16.9. The second kappa shape index (κ2) is 8.41. The van der Waals surface area contributed by atoms with Crippen LogP contribution in [0.3, 0.4) is 0 Å². The van der Waals surface area contributed by atoms with Gasteiger partial charge in [-0.15, -0.1) is 0 Å². The van der Waals surface area contributed by atoms with E-state index in [1.54, 1.807) is 36.9 Å². The van der Waals surface area contributed by atoms with Gasteiger partial charge in [0.15, 0.2) is 5.69 Å². The number of carbonyl (C=O) groups is 2. The van der Waals surface area contributed by atoms with Crippen molar-refractivity contribution in [2.75, 3.05) is 13.7 Å². The molecule has 1 aliphatic carbocycles. The van der Waals surface area contributed by atoms with Gasteiger partial charge in [0.25, 0.3) is 5.91 Å². The van der Waals surface area contributed by atoms with Gasteiger partial charge < -0.3 is 14.8 Å². The van der Waals surface area contributed by atoms with Gasteiger partial charge >= 0.3 is 5.97 Å². The van der Waals surface area contributed by atoms with E-state index < -0.39 is 5.97 Å². The molecule has 2 aromatic carbocycles. The van der Waals surface area contributed by atoms with Crippen molar-refractivity contribution in [1.29, 1.82) is 0 Å². The summed E-state index contributed by atoms with van der Waals surface area (Å²) in [6.07, 6.45) is 2.08. The van der Waals surface area contributed by atoms with E-state index in [2.05, 4.69) is 10.4 Å². The Labute approximate surface area is 174 Å². The van der Waals surface area contributed by atoms with Crippen molar-refractivity contribution in [3.8, 4) is 22.7 Å². The second-order valence-corrected chi connectivity index (χ2v) is 7.07. The zero-order chi connectivity index (χ0) is 21.1. The quantitative estimate of drug-likeness (QED) is 0.607. The third kappa shape index (κ3) is 4.20. The fourth-order valence-electron chi connectivity index (χ4n) is 3.12. The number of rotatable bonds is 7. The predicted molar refractivity (Wildman–Crippen MR) is 112 cm³/mol. The Hall–Kier alpha value is -3.61. The monoisotopic (exact) mass is 405 g/mol. The molecule has 3 aromatic rings. The standard InChI is InChI=1S/C23H23N3O4/c1-3-30-23(28)20-14-21(16-5-4-6-19(13-16)29-2)26(25-20)18-11-7-15(8-12-18)22(27)24-17-9-10-17/h4-8,11-14,17H,3,9-10H2,1-2H3,(H,24,27). The molecular formula is C23H23N3O4. The first-order chi connectivity index (χ1) is 14.6. The maximum Gasteiger partial charge on any atom is 0.358 e. The Morgan fingerprint density at radius 1 is 1.13 bits per heavy atom. The van der Waals surface area contributed by atoms with Gasteiger partial charge in [-0.1, -0.05) is 12.1 Å². The predicted octanol–water partition coefficient (Wildman–Crippen LogP) is 3.62. The van der Waals surface area contributed by atoms with Gasteiger partial charge in [-0.25, -0.2) is 9.48 Å². The molecule has 0 spiro atoms. The molecule has 1 N–H and O–H groups in total. The Morgan fingerprint density at radius 2 is 1.90 bits per heavy atom. The van der Waals surface area contributed by atoms with E-state index in [0.29, 0.717) is 23.0 Å². The van der Waals surface area contributed by atoms with E-state index in [4.69, 9.17) is 9.47 Å². The summed E-state index contributed by atoms with van der Waals surface area (Å²) in [5, 5.41) is 7.44. The third-order valence-corrected chi connectivity index (χ3v) is 4.85. The molecule has 7 heteroatoms. The van der Waals surface area contributed by atoms with Gasteiger partial charge in [-0.05, 0) is 62.2 Å². The first-order valence-electron chi connectivity index (χ1n) is 9.92. The summed E-state index contributed by atoms with van der Waals surface area (Å²) >= 11 is 0. The summed E-state index contributed by atoms with van der Waals surface area (Å²) in [7, 11) is 1.60. The molecule has 30 heavy (non-hydrogen) atoms. The molecule has 1 aromatic heterocycles. The summed E-state index contributed by atoms with van der Waals surface area (Å²) in [5.41, 5.74) is 3.09. The van der Waals surface area contributed by atoms with Gasteiger partial charge in [-0.2, -0.15) is 5.10 Å². The van der Waals surface area contributed by atoms with E-state index >= 15 is 0 Å². The van der Waals surface area contributed by atoms with Gasteiger partial charge in [0, 0.05) is 17.2 Å². The van der Waals surface area contributed by atoms with Crippen LogP contribution in [0.1, 0.15) is 40.6 Å². The number of hydrogen-bond donors (Lipinski definition) is 1. The SMILES string of the molecule is CCOC(=O)c1cc(-c2cccc(OC)c2)n(-c2ccc(C(=O)NC3CC3)cc2)n1. The number of ether oxygens (including phenoxy) is 2. The summed E-state index contributed by atoms with van der Waals surface area (Å²) in [6, 6.07) is 16.7. The van der Waals surface area contributed by atoms with Crippen molar-refractivity contribution in [2.24, 2.45) is 0 Å². The zero-order valence-corrected chi connectivity index (χ0v) is 16.9. The van der Waals surface area contributed by atoms with Crippen molar-refractivity contribution in [2.45, 2.75) is 25.8 Å². The van der Waals surface area contributed by atoms with Gasteiger partial charge in [0.2, 0.25) is 0 Å². The normalized spacial score (nSPS) is 13.0. The summed E-state index contributed by atoms with van der Waals surface area (Å²) < 4.78 is 12.1. The number of aromatic nitrogens is 2. The minimum atomic E-state index is -0.485. The van der Waals surface area contributed by atoms with Crippen LogP contribution in [0.5, 0.6) is 5.75 Å². The number of benzene rings is 2. The lowest BCUT2D eigenvalue weighted by molar-refractivity contribution is 0.0518. The molecule has 1 fully saturated rings. The first kappa shape index (κ1) is 19.7. The second-order valence-electron chi connectivity index (χ2n) is 7.07. The Morgan fingerprint density at radius 3 is 2.57 bits per heavy atom. The van der Waals surface area contributed by atoms with E-state index in [1.165, 1.54) is 0 Å². The van der Waals surface area contributed by atoms with E-state index in [9.17, 15) is 9.59 Å². The van der Waals surface area contributed by atoms with Crippen LogP contribution in [0.4, 0.5) is 0 Å². The molecule has 154 valence electrons. The average molecular weight is 405 g/mol. The maximum atomic E-state index is 12.3. The van der Waals surface area contributed by atoms with Gasteiger partial charge in [-0.3, -0.25) is 4.79 Å². The maximum absolute atomic E-state index is 12.3. The lowest BCUT2D eigenvalue weighted by Gasteiger charge is -2.10. The summed E-state index contributed by atoms with van der Waals surface area (Å²) in [6.45, 7) is 2.02. The molecule has 0 unspecified atom stereocenters. The van der Waals surface area contributed by atoms with Crippen molar-refractivity contribution in [3.63, 3.8) is 0 Å². The number of hydrogen-bond acceptors (Lipinski definition) is 5. The lowest BCUT2D eigenvalue weighted by atomic mass is 10.1. The Kier molecular flexibility index (Phi) is 5.52. The van der Waals surface area contributed by atoms with E-state index in [-0.39, 0.29) is 18.2 Å². The highest BCUT2D eigenvalue weighted by molar-refractivity contribution is 5.94. The minimum Gasteiger partial charge on any atom is -0.497 e. The third-order valence-electron chi connectivity index (χ3n) is 4.85. The molecule has 0 saturated heterocycles. The first-order valence-corrected chi connectivity index (χ1v) is 9.92. The molecule has 7 nitrogen and oxygen atoms in total. The topological polar surface area (TPSA) is 82.5 Å². The van der Waals surface area contributed by atoms with Crippen molar-refractivity contribution >= 4 is 11.9 Å². The molecular weight excluding hydrogens is 382 g/mol. The number of methoxy groups -OCH3 is 1. The fraction of sp³-hybridized carbons (Fsp3) is 0.261. The highest BCUT2D eigenvalue weighted by Crippen LogP contribution is 2.28. The van der Waals surface area contributed by atoms with E-state index in [1.807, 2.05) is 36.4 Å². The fourth-order valence-corrected chi connectivity index (χ4v) is 3.12. The molecule has 1 amide bonds. The highest BCUT2D eigenvalue weighted by atomic mass is 16.5. The van der Waals surface area contributed by atoms with Gasteiger partial charge in [0.1, 0.15) is 5.75 Å². The summed E-state index contributed by atoms with van der Waals surface area (Å²) in [5.74, 6) is 0.135. The number of amides is 1. The smallest absolute Gasteiger partial charge is 0.358 e. The van der Waals surface area contributed by atoms with Crippen LogP contribution in [-0.4, -0.2) is 41.4 Å². The number of nitrogens with one attached hydrogen (secondary N) is 1. The van der Waals surface area contributed by atoms with Crippen molar-refractivity contribution in [1.82, 2.24) is 15.1 Å². The number of esters is 1. The van der Waals surface area contributed by atoms with Crippen LogP contribution in [0.2, 0.25) is 0 Å². The molecule has 0 atom stereocenters. The van der Waals surface area contributed by atoms with Crippen LogP contribution in [-0.2, 0) is 4.74 Å². The molecule has 1 aliphatic rings. The van der Waals surface area contributed by atoms with Crippen LogP contribution >= 0.6 is 0 Å². The molecule has 4 rings (SSSR count). The van der Waals surface area contributed by atoms with Crippen LogP contribution in [0.25, 0.3) is 16.9 Å². The van der Waals surface area contributed by atoms with Crippen LogP contribution < -0.4 is 10.1 Å². The average Bonchev–Trinajstić information content (AvgIpc) is 3.47. The van der Waals surface area contributed by atoms with Crippen LogP contribution in [0, 0.1) is 0 Å². The Bertz CT molecular complexity index is 1070. The molecule has 0 bridgehead atoms. The highest BCUT2D eigenvalue weighted by Gasteiger charge is 2.24. The minimum absolute atomic E-state index is 0.0789. The van der Waals surface area contributed by atoms with Gasteiger partial charge in [0.05, 0.1) is 25.1 Å². The van der Waals surface area contributed by atoms with Crippen molar-refractivity contribution in [3.05, 3.63) is 65.9 Å². The molecule has 0 aliphatic heterocycles. The van der Waals surface area contributed by atoms with Crippen molar-refractivity contribution < 1.29 is 19.1 Å². The Balaban J connectivity index is 1.71. The summed E-state index contributed by atoms with van der Waals surface area (Å²) in [4.78, 5) is 24.5. The molecule has 0 radical (unpaired) electrons. The number of carbonyl (C=O) groups excluding carboxylic acids is 2. The number of nitrogens with zero attached hydrogens (tertiary/aromatic N) is 2. The lowest BCUT2D eigenvalue weighted by Crippen LogP contribution is -2.25. The van der Waals surface area contributed by atoms with E-state index in [0.717, 1.165) is 24.1 Å².